The van der Waals surface area contributed by atoms with Gasteiger partial charge in [0.05, 0.1) is 0 Å². The first-order valence-corrected chi connectivity index (χ1v) is 24.2. The molecule has 0 saturated heterocycles. The number of aromatic nitrogens is 3. The Kier molecular flexibility index (Phi) is 16.2. The van der Waals surface area contributed by atoms with Gasteiger partial charge in [0, 0.05) is 93.0 Å². The minimum atomic E-state index is 0. The smallest absolute Gasteiger partial charge is 0.104 e. The number of pyridine rings is 3. The van der Waals surface area contributed by atoms with E-state index in [1.165, 1.54) is 28.3 Å². The van der Waals surface area contributed by atoms with E-state index in [0.29, 0.717) is 22.9 Å². The van der Waals surface area contributed by atoms with Gasteiger partial charge in [-0.3, -0.25) is 0 Å². The number of unbranched alkanes of at least 4 members (excludes halogenated alkanes) is 1. The van der Waals surface area contributed by atoms with Crippen LogP contribution >= 0.6 is 0 Å². The Bertz CT molecular complexity index is 3250. The van der Waals surface area contributed by atoms with E-state index in [1.807, 2.05) is 73.4 Å². The van der Waals surface area contributed by atoms with Crippen molar-refractivity contribution in [2.24, 2.45) is 0 Å². The maximum Gasteiger partial charge on any atom is 0.104 e. The predicted molar refractivity (Wildman–Crippen MR) is 289 cm³/mol. The second-order valence-corrected chi connectivity index (χ2v) is 18.5. The van der Waals surface area contributed by atoms with Crippen LogP contribution in [0.3, 0.4) is 0 Å². The van der Waals surface area contributed by atoms with Gasteiger partial charge in [-0.1, -0.05) is 68.7 Å². The molecule has 0 aliphatic carbocycles. The summed E-state index contributed by atoms with van der Waals surface area (Å²) >= 11 is 0. The summed E-state index contributed by atoms with van der Waals surface area (Å²) < 4.78 is 6.08. The van der Waals surface area contributed by atoms with Crippen LogP contribution in [0, 0.1) is 50.3 Å². The van der Waals surface area contributed by atoms with Crippen molar-refractivity contribution >= 4 is 57.0 Å². The fourth-order valence-electron chi connectivity index (χ4n) is 8.96. The number of hydrogen-bond acceptors (Lipinski definition) is 10. The molecule has 0 amide bonds. The van der Waals surface area contributed by atoms with Crippen LogP contribution in [-0.4, -0.2) is 28.0 Å². The summed E-state index contributed by atoms with van der Waals surface area (Å²) in [5, 5.41) is 0. The van der Waals surface area contributed by atoms with Crippen LogP contribution in [0.5, 0.6) is 11.5 Å². The topological polar surface area (TPSA) is 67.3 Å². The van der Waals surface area contributed by atoms with Gasteiger partial charge >= 0.3 is 0 Å². The molecule has 0 fully saturated rings. The van der Waals surface area contributed by atoms with Gasteiger partial charge in [-0.25, -0.2) is 11.1 Å². The molecule has 0 N–H and O–H groups in total. The maximum atomic E-state index is 6.08. The molecule has 377 valence electrons. The van der Waals surface area contributed by atoms with Crippen LogP contribution in [0.25, 0.3) is 11.4 Å². The fraction of sp³-hybridized carbons (Fsp3) is 0.129. The summed E-state index contributed by atoms with van der Waals surface area (Å²) in [6, 6.07) is 73.7. The molecule has 12 rings (SSSR count). The Morgan fingerprint density at radius 2 is 1.01 bits per heavy atom. The molecule has 74 heavy (non-hydrogen) atoms. The summed E-state index contributed by atoms with van der Waals surface area (Å²) in [7, 11) is 0. The van der Waals surface area contributed by atoms with Gasteiger partial charge in [0.1, 0.15) is 5.82 Å². The van der Waals surface area contributed by atoms with Crippen LogP contribution in [0.4, 0.5) is 57.0 Å². The first-order valence-electron chi connectivity index (χ1n) is 24.2. The molecular weight excluding hydrogens is 1270 g/mol. The van der Waals surface area contributed by atoms with Gasteiger partial charge in [0.2, 0.25) is 0 Å². The monoisotopic (exact) mass is 1330 g/mol. The van der Waals surface area contributed by atoms with E-state index in [-0.39, 0.29) is 46.6 Å². The number of hydrogen-bond donors (Lipinski definition) is 0. The third-order valence-corrected chi connectivity index (χ3v) is 12.6. The van der Waals surface area contributed by atoms with E-state index >= 15 is 0 Å². The molecule has 0 spiro atoms. The van der Waals surface area contributed by atoms with Crippen LogP contribution in [0.2, 0.25) is 0 Å². The Hall–Kier alpha value is -7.29. The molecule has 0 unspecified atom stereocenters. The van der Waals surface area contributed by atoms with Crippen LogP contribution in [-0.2, 0) is 46.6 Å². The molecular formula is C62H51IrN9OPt-8. The van der Waals surface area contributed by atoms with Crippen LogP contribution in [0.1, 0.15) is 39.2 Å². The number of rotatable bonds is 12. The van der Waals surface area contributed by atoms with Crippen molar-refractivity contribution < 1.29 is 45.9 Å². The third-order valence-electron chi connectivity index (χ3n) is 12.6. The van der Waals surface area contributed by atoms with Crippen molar-refractivity contribution in [2.45, 2.75) is 39.0 Å². The predicted octanol–water partition coefficient (Wildman–Crippen LogP) is 14.4. The summed E-state index contributed by atoms with van der Waals surface area (Å²) in [6.45, 7) is 15.1. The molecule has 9 aromatic rings. The van der Waals surface area contributed by atoms with E-state index < -0.39 is 0 Å². The van der Waals surface area contributed by atoms with Crippen molar-refractivity contribution in [1.82, 2.24) is 15.0 Å². The number of benzene rings is 6. The average molecular weight is 1330 g/mol. The Morgan fingerprint density at radius 1 is 0.459 bits per heavy atom. The molecule has 3 aromatic heterocycles. The standard InChI is InChI=1S/C34H34N4.C28H17N5O.Ir.Pt/c1-34(2,3)27-19-21-29(22-20-27)38-26-36(31-16-8-10-18-33(31)38)24-12-11-23-35-25-37(28-13-5-4-6-14-28)32-17-9-7-15-30(32)35;1-2-12-27-26(11-1)32(20-33(27)28-13-4-6-16-31-28)21-8-7-9-22(18-21)34-23-14-17-30-25(19-23)24-10-3-5-15-29-24;;/h4-10,13,15-21,25-26H,11-12,23-24H2,1-3H3;1-9,11-17,20H;;/q2*-4;;. The molecule has 0 atom stereocenters. The van der Waals surface area contributed by atoms with E-state index in [4.69, 9.17) is 4.74 Å². The number of ether oxygens (including phenoxy) is 1. The van der Waals surface area contributed by atoms with Crippen molar-refractivity contribution in [2.75, 3.05) is 42.5 Å². The summed E-state index contributed by atoms with van der Waals surface area (Å²) in [6.07, 6.45) is 7.34. The molecule has 6 aromatic carbocycles. The fourth-order valence-corrected chi connectivity index (χ4v) is 8.96. The van der Waals surface area contributed by atoms with Crippen LogP contribution in [0.15, 0.2) is 188 Å². The average Bonchev–Trinajstić information content (AvgIpc) is 4.13. The zero-order valence-electron chi connectivity index (χ0n) is 41.0. The van der Waals surface area contributed by atoms with E-state index in [9.17, 15) is 0 Å². The molecule has 6 heterocycles. The van der Waals surface area contributed by atoms with Gasteiger partial charge < -0.3 is 44.1 Å². The molecule has 3 aliphatic rings. The molecule has 12 heteroatoms. The Morgan fingerprint density at radius 3 is 1.61 bits per heavy atom. The van der Waals surface area contributed by atoms with Crippen molar-refractivity contribution in [3.05, 3.63) is 244 Å². The largest absolute Gasteiger partial charge is 0.510 e. The van der Waals surface area contributed by atoms with E-state index in [1.54, 1.807) is 30.7 Å². The second kappa shape index (κ2) is 23.3. The third kappa shape index (κ3) is 11.3. The number of anilines is 10. The summed E-state index contributed by atoms with van der Waals surface area (Å²) in [5.41, 5.74) is 12.6. The van der Waals surface area contributed by atoms with Gasteiger partial charge in [0.15, 0.2) is 0 Å². The normalized spacial score (nSPS) is 13.3. The van der Waals surface area contributed by atoms with E-state index in [2.05, 4.69) is 200 Å². The molecule has 10 nitrogen and oxygen atoms in total. The summed E-state index contributed by atoms with van der Waals surface area (Å²) in [4.78, 5) is 26.5. The quantitative estimate of drug-likeness (QED) is 0.0873. The van der Waals surface area contributed by atoms with Gasteiger partial charge in [-0.2, -0.15) is 85.6 Å². The molecule has 0 bridgehead atoms. The molecule has 3 aliphatic heterocycles. The summed E-state index contributed by atoms with van der Waals surface area (Å²) in [5.74, 6) is 1.94. The Labute approximate surface area is 463 Å². The molecule has 1 radical (unpaired) electrons. The van der Waals surface area contributed by atoms with E-state index in [0.717, 1.165) is 60.2 Å². The van der Waals surface area contributed by atoms with Gasteiger partial charge in [-0.15, -0.1) is 71.5 Å². The number of fused-ring (bicyclic) bond motifs is 3. The van der Waals surface area contributed by atoms with Crippen LogP contribution < -0.4 is 34.1 Å². The van der Waals surface area contributed by atoms with Crippen molar-refractivity contribution in [3.8, 4) is 22.9 Å². The number of para-hydroxylation sites is 7. The number of nitrogens with zero attached hydrogens (tertiary/aromatic N) is 9. The second-order valence-electron chi connectivity index (χ2n) is 18.5. The van der Waals surface area contributed by atoms with Gasteiger partial charge in [-0.05, 0) is 86.9 Å². The first-order chi connectivity index (χ1) is 35.3. The van der Waals surface area contributed by atoms with Gasteiger partial charge in [0.25, 0.3) is 0 Å². The minimum absolute atomic E-state index is 0. The zero-order valence-corrected chi connectivity index (χ0v) is 45.7. The molecule has 0 saturated carbocycles. The minimum Gasteiger partial charge on any atom is -0.510 e. The van der Waals surface area contributed by atoms with Crippen molar-refractivity contribution in [1.29, 1.82) is 0 Å². The Balaban J connectivity index is 0.000000178. The first kappa shape index (κ1) is 51.6. The maximum absolute atomic E-state index is 6.08. The zero-order chi connectivity index (χ0) is 48.9. The van der Waals surface area contributed by atoms with Crippen molar-refractivity contribution in [3.63, 3.8) is 0 Å². The SMILES string of the molecule is CC(C)(C)c1c[c-]c(N2[CH-]N(CCCCN3[CH-]N(c4[c-]cccc4)c4ccccc43)c3ccccc32)cc1.[Ir].[Pt].[c-]1c(Oc2[c-]c(-c3[c-]cccn3)ncc2)cccc1N1[CH-]N(c2ccccn2)c2ccccc21.